The normalized spacial score (nSPS) is 23.1. The lowest BCUT2D eigenvalue weighted by Gasteiger charge is -2.37. The van der Waals surface area contributed by atoms with Gasteiger partial charge in [0.1, 0.15) is 5.82 Å². The molecule has 3 heterocycles. The average Bonchev–Trinajstić information content (AvgIpc) is 3.43. The zero-order valence-electron chi connectivity index (χ0n) is 17.0. The van der Waals surface area contributed by atoms with Crippen molar-refractivity contribution in [2.45, 2.75) is 43.9 Å². The molecule has 31 heavy (non-hydrogen) atoms. The van der Waals surface area contributed by atoms with Gasteiger partial charge in [-0.3, -0.25) is 19.3 Å². The van der Waals surface area contributed by atoms with E-state index in [1.165, 1.54) is 23.5 Å². The predicted molar refractivity (Wildman–Crippen MR) is 115 cm³/mol. The molecule has 1 aromatic heterocycles. The first-order valence-electron chi connectivity index (χ1n) is 10.4. The molecule has 4 rings (SSSR count). The quantitative estimate of drug-likeness (QED) is 0.606. The summed E-state index contributed by atoms with van der Waals surface area (Å²) in [6.45, 7) is 1.44. The average molecular weight is 445 g/mol. The summed E-state index contributed by atoms with van der Waals surface area (Å²) in [5.41, 5.74) is 0.837. The summed E-state index contributed by atoms with van der Waals surface area (Å²) in [5.74, 6) is -0.527. The minimum atomic E-state index is -0.306. The lowest BCUT2D eigenvalue weighted by atomic mass is 10.0. The zero-order valence-corrected chi connectivity index (χ0v) is 17.8. The monoisotopic (exact) mass is 444 g/mol. The number of amides is 3. The van der Waals surface area contributed by atoms with Crippen LogP contribution in [-0.2, 0) is 16.1 Å². The number of piperazine rings is 1. The Morgan fingerprint density at radius 1 is 1.23 bits per heavy atom. The van der Waals surface area contributed by atoms with Gasteiger partial charge in [-0.05, 0) is 42.0 Å². The number of nitrogens with one attached hydrogen (secondary N) is 3. The van der Waals surface area contributed by atoms with Crippen molar-refractivity contribution in [3.63, 3.8) is 0 Å². The fourth-order valence-corrected chi connectivity index (χ4v) is 4.83. The maximum Gasteiger partial charge on any atom is 0.261 e. The number of fused-ring (bicyclic) bond motifs is 1. The smallest absolute Gasteiger partial charge is 0.261 e. The van der Waals surface area contributed by atoms with Crippen molar-refractivity contribution >= 4 is 29.1 Å². The fourth-order valence-electron chi connectivity index (χ4n) is 4.20. The highest BCUT2D eigenvalue weighted by Crippen LogP contribution is 2.26. The van der Waals surface area contributed by atoms with Gasteiger partial charge in [0.05, 0.1) is 10.9 Å². The van der Waals surface area contributed by atoms with E-state index < -0.39 is 0 Å². The molecule has 0 aliphatic carbocycles. The molecular weight excluding hydrogens is 419 g/mol. The standard InChI is InChI=1S/C22H25FN4O3S/c23-15-5-3-14(4-6-15)11-24-20(28)8-7-17-12-25-21(29)18-10-16(13-27(17)18)26-22(30)19-2-1-9-31-19/h1-6,9,16-18H,7-8,10-13H2,(H,24,28)(H,25,29)(H,26,30)/t16-,17+,18-/m0/s1. The summed E-state index contributed by atoms with van der Waals surface area (Å²) in [7, 11) is 0. The first-order valence-corrected chi connectivity index (χ1v) is 11.3. The first-order chi connectivity index (χ1) is 15.0. The number of hydrogen-bond acceptors (Lipinski definition) is 5. The number of rotatable bonds is 7. The molecule has 0 bridgehead atoms. The second-order valence-electron chi connectivity index (χ2n) is 7.94. The molecule has 0 radical (unpaired) electrons. The Balaban J connectivity index is 1.27. The van der Waals surface area contributed by atoms with E-state index in [1.807, 2.05) is 11.4 Å². The number of nitrogens with zero attached hydrogens (tertiary/aromatic N) is 1. The Kier molecular flexibility index (Phi) is 6.62. The number of hydrogen-bond donors (Lipinski definition) is 3. The summed E-state index contributed by atoms with van der Waals surface area (Å²) < 4.78 is 13.0. The third-order valence-corrected chi connectivity index (χ3v) is 6.68. The summed E-state index contributed by atoms with van der Waals surface area (Å²) >= 11 is 1.39. The summed E-state index contributed by atoms with van der Waals surface area (Å²) in [6.07, 6.45) is 1.50. The van der Waals surface area contributed by atoms with E-state index in [4.69, 9.17) is 0 Å². The first kappa shape index (κ1) is 21.5. The number of carbonyl (C=O) groups is 3. The number of halogens is 1. The van der Waals surface area contributed by atoms with E-state index in [2.05, 4.69) is 20.9 Å². The largest absolute Gasteiger partial charge is 0.353 e. The van der Waals surface area contributed by atoms with Crippen LogP contribution in [-0.4, -0.2) is 53.8 Å². The molecule has 2 aromatic rings. The van der Waals surface area contributed by atoms with Crippen LogP contribution in [0.15, 0.2) is 41.8 Å². The van der Waals surface area contributed by atoms with Gasteiger partial charge in [-0.2, -0.15) is 0 Å². The molecule has 7 nitrogen and oxygen atoms in total. The molecule has 3 N–H and O–H groups in total. The molecule has 0 spiro atoms. The van der Waals surface area contributed by atoms with Crippen molar-refractivity contribution in [1.82, 2.24) is 20.9 Å². The Hall–Kier alpha value is -2.78. The summed E-state index contributed by atoms with van der Waals surface area (Å²) in [5, 5.41) is 10.7. The number of benzene rings is 1. The molecule has 2 fully saturated rings. The van der Waals surface area contributed by atoms with Crippen molar-refractivity contribution in [3.05, 3.63) is 58.0 Å². The third-order valence-electron chi connectivity index (χ3n) is 5.81. The van der Waals surface area contributed by atoms with Crippen molar-refractivity contribution in [2.24, 2.45) is 0 Å². The van der Waals surface area contributed by atoms with Gasteiger partial charge in [0.15, 0.2) is 0 Å². The van der Waals surface area contributed by atoms with E-state index in [0.29, 0.717) is 43.8 Å². The number of carbonyl (C=O) groups excluding carboxylic acids is 3. The molecule has 9 heteroatoms. The van der Waals surface area contributed by atoms with Gasteiger partial charge in [0, 0.05) is 38.1 Å². The van der Waals surface area contributed by atoms with Crippen molar-refractivity contribution in [1.29, 1.82) is 0 Å². The minimum Gasteiger partial charge on any atom is -0.353 e. The van der Waals surface area contributed by atoms with Crippen LogP contribution in [0.3, 0.4) is 0 Å². The van der Waals surface area contributed by atoms with Gasteiger partial charge in [0.2, 0.25) is 11.8 Å². The maximum absolute atomic E-state index is 13.0. The van der Waals surface area contributed by atoms with Crippen LogP contribution in [0.5, 0.6) is 0 Å². The van der Waals surface area contributed by atoms with Gasteiger partial charge >= 0.3 is 0 Å². The van der Waals surface area contributed by atoms with E-state index >= 15 is 0 Å². The fraction of sp³-hybridized carbons (Fsp3) is 0.409. The van der Waals surface area contributed by atoms with Crippen LogP contribution in [0.4, 0.5) is 4.39 Å². The lowest BCUT2D eigenvalue weighted by molar-refractivity contribution is -0.129. The van der Waals surface area contributed by atoms with Gasteiger partial charge in [0.25, 0.3) is 5.91 Å². The Bertz CT molecular complexity index is 935. The van der Waals surface area contributed by atoms with Gasteiger partial charge in [-0.25, -0.2) is 4.39 Å². The molecule has 2 aliphatic heterocycles. The molecule has 0 saturated carbocycles. The highest BCUT2D eigenvalue weighted by molar-refractivity contribution is 7.12. The maximum atomic E-state index is 13.0. The van der Waals surface area contributed by atoms with Crippen LogP contribution < -0.4 is 16.0 Å². The topological polar surface area (TPSA) is 90.5 Å². The van der Waals surface area contributed by atoms with Crippen LogP contribution in [0.25, 0.3) is 0 Å². The summed E-state index contributed by atoms with van der Waals surface area (Å²) in [4.78, 5) is 39.7. The van der Waals surface area contributed by atoms with E-state index in [9.17, 15) is 18.8 Å². The van der Waals surface area contributed by atoms with Crippen molar-refractivity contribution in [2.75, 3.05) is 13.1 Å². The lowest BCUT2D eigenvalue weighted by Crippen LogP contribution is -2.58. The van der Waals surface area contributed by atoms with E-state index in [-0.39, 0.29) is 41.7 Å². The summed E-state index contributed by atoms with van der Waals surface area (Å²) in [6, 6.07) is 9.30. The molecular formula is C22H25FN4O3S. The second kappa shape index (κ2) is 9.57. The Morgan fingerprint density at radius 2 is 2.03 bits per heavy atom. The molecule has 164 valence electrons. The SMILES string of the molecule is O=C(CC[C@@H]1CNC(=O)[C@@H]2C[C@H](NC(=O)c3cccs3)CN12)NCc1ccc(F)cc1. The van der Waals surface area contributed by atoms with Crippen LogP contribution in [0.2, 0.25) is 0 Å². The Morgan fingerprint density at radius 3 is 2.77 bits per heavy atom. The van der Waals surface area contributed by atoms with Crippen molar-refractivity contribution < 1.29 is 18.8 Å². The van der Waals surface area contributed by atoms with Crippen LogP contribution >= 0.6 is 11.3 Å². The highest BCUT2D eigenvalue weighted by Gasteiger charge is 2.43. The third kappa shape index (κ3) is 5.29. The predicted octanol–water partition coefficient (Wildman–Crippen LogP) is 1.65. The van der Waals surface area contributed by atoms with E-state index in [0.717, 1.165) is 5.56 Å². The molecule has 3 amide bonds. The van der Waals surface area contributed by atoms with Gasteiger partial charge < -0.3 is 16.0 Å². The van der Waals surface area contributed by atoms with Gasteiger partial charge in [-0.1, -0.05) is 18.2 Å². The molecule has 1 aromatic carbocycles. The van der Waals surface area contributed by atoms with Gasteiger partial charge in [-0.15, -0.1) is 11.3 Å². The second-order valence-corrected chi connectivity index (χ2v) is 8.88. The van der Waals surface area contributed by atoms with Crippen LogP contribution in [0.1, 0.15) is 34.5 Å². The minimum absolute atomic E-state index is 0.0233. The molecule has 3 atom stereocenters. The number of thiophene rings is 1. The van der Waals surface area contributed by atoms with E-state index in [1.54, 1.807) is 18.2 Å². The molecule has 0 unspecified atom stereocenters. The molecule has 2 aliphatic rings. The Labute approximate surface area is 184 Å². The van der Waals surface area contributed by atoms with Crippen LogP contribution in [0, 0.1) is 5.82 Å². The highest BCUT2D eigenvalue weighted by atomic mass is 32.1. The van der Waals surface area contributed by atoms with Crippen molar-refractivity contribution in [3.8, 4) is 0 Å². The molecule has 2 saturated heterocycles. The zero-order chi connectivity index (χ0) is 21.8.